The minimum Gasteiger partial charge on any atom is -0.506 e. The summed E-state index contributed by atoms with van der Waals surface area (Å²) in [6, 6.07) is 3.18. The molecule has 5 nitrogen and oxygen atoms in total. The van der Waals surface area contributed by atoms with Crippen LogP contribution in [0.1, 0.15) is 38.3 Å². The number of aromatic hydroxyl groups is 1. The van der Waals surface area contributed by atoms with Crippen LogP contribution < -0.4 is 0 Å². The van der Waals surface area contributed by atoms with E-state index in [0.717, 1.165) is 19.3 Å². The lowest BCUT2D eigenvalue weighted by molar-refractivity contribution is 0.0942. The first-order valence-corrected chi connectivity index (χ1v) is 7.69. The highest BCUT2D eigenvalue weighted by Gasteiger charge is 2.23. The van der Waals surface area contributed by atoms with Crippen LogP contribution in [0, 0.1) is 5.92 Å². The Bertz CT molecular complexity index is 404. The lowest BCUT2D eigenvalue weighted by Gasteiger charge is -2.27. The van der Waals surface area contributed by atoms with Gasteiger partial charge in [-0.2, -0.15) is 0 Å². The zero-order valence-corrected chi connectivity index (χ0v) is 11.9. The van der Waals surface area contributed by atoms with Gasteiger partial charge in [0.05, 0.1) is 6.10 Å². The smallest absolute Gasteiger partial charge is 0.330 e. The maximum atomic E-state index is 9.75. The van der Waals surface area contributed by atoms with Gasteiger partial charge in [-0.1, -0.05) is 19.8 Å². The first-order valence-electron chi connectivity index (χ1n) is 6.56. The van der Waals surface area contributed by atoms with E-state index in [1.807, 2.05) is 0 Å². The summed E-state index contributed by atoms with van der Waals surface area (Å²) in [5.74, 6) is 0.708. The van der Waals surface area contributed by atoms with Crippen molar-refractivity contribution in [2.24, 2.45) is 5.92 Å². The van der Waals surface area contributed by atoms with E-state index in [-0.39, 0.29) is 18.5 Å². The minimum absolute atomic E-state index is 0.0527. The molecule has 0 aromatic carbocycles. The van der Waals surface area contributed by atoms with Crippen LogP contribution in [0.4, 0.5) is 0 Å². The molecule has 1 aliphatic rings. The highest BCUT2D eigenvalue weighted by molar-refractivity contribution is 7.40. The van der Waals surface area contributed by atoms with Crippen LogP contribution >= 0.6 is 8.60 Å². The summed E-state index contributed by atoms with van der Waals surface area (Å²) < 4.78 is 10.7. The number of rotatable bonds is 5. The summed E-state index contributed by atoms with van der Waals surface area (Å²) >= 11 is 0. The van der Waals surface area contributed by atoms with Crippen LogP contribution in [-0.2, 0) is 15.7 Å². The SMILES string of the molecule is CC1CCCC(OP(O)OCc2ncccc2O)C1. The Hall–Kier alpha value is -0.740. The fraction of sp³-hybridized carbons (Fsp3) is 0.615. The second-order valence-electron chi connectivity index (χ2n) is 4.98. The molecule has 1 aliphatic carbocycles. The van der Waals surface area contributed by atoms with Crippen molar-refractivity contribution in [2.75, 3.05) is 0 Å². The first-order chi connectivity index (χ1) is 9.15. The van der Waals surface area contributed by atoms with Gasteiger partial charge in [-0.3, -0.25) is 4.98 Å². The van der Waals surface area contributed by atoms with E-state index < -0.39 is 8.60 Å². The van der Waals surface area contributed by atoms with Gasteiger partial charge in [0, 0.05) is 6.20 Å². The van der Waals surface area contributed by atoms with Crippen molar-refractivity contribution in [1.82, 2.24) is 4.98 Å². The molecule has 0 radical (unpaired) electrons. The standard InChI is InChI=1S/C13H20NO4P/c1-10-4-2-5-11(8-10)18-19(16)17-9-12-13(15)6-3-7-14-12/h3,6-7,10-11,15-16H,2,4-5,8-9H2,1H3. The van der Waals surface area contributed by atoms with Gasteiger partial charge in [-0.25, -0.2) is 0 Å². The van der Waals surface area contributed by atoms with Gasteiger partial charge in [0.1, 0.15) is 18.1 Å². The molecule has 0 spiro atoms. The molecule has 0 saturated heterocycles. The maximum absolute atomic E-state index is 9.75. The molecule has 2 rings (SSSR count). The Labute approximate surface area is 114 Å². The van der Waals surface area contributed by atoms with E-state index in [2.05, 4.69) is 11.9 Å². The zero-order valence-electron chi connectivity index (χ0n) is 11.0. The molecule has 106 valence electrons. The molecule has 0 amide bonds. The summed E-state index contributed by atoms with van der Waals surface area (Å²) in [6.45, 7) is 2.25. The lowest BCUT2D eigenvalue weighted by atomic mass is 9.89. The van der Waals surface area contributed by atoms with Gasteiger partial charge in [-0.15, -0.1) is 0 Å². The van der Waals surface area contributed by atoms with E-state index in [9.17, 15) is 10.00 Å². The normalized spacial score (nSPS) is 25.2. The summed E-state index contributed by atoms with van der Waals surface area (Å²) in [6.07, 6.45) is 5.96. The third kappa shape index (κ3) is 4.69. The van der Waals surface area contributed by atoms with E-state index in [4.69, 9.17) is 9.05 Å². The number of pyridine rings is 1. The van der Waals surface area contributed by atoms with Gasteiger partial charge >= 0.3 is 8.60 Å². The van der Waals surface area contributed by atoms with Gasteiger partial charge in [0.15, 0.2) is 0 Å². The van der Waals surface area contributed by atoms with E-state index >= 15 is 0 Å². The molecule has 0 bridgehead atoms. The molecule has 6 heteroatoms. The average Bonchev–Trinajstić information content (AvgIpc) is 2.38. The minimum atomic E-state index is -1.91. The second kappa shape index (κ2) is 7.15. The Morgan fingerprint density at radius 3 is 3.05 bits per heavy atom. The molecule has 0 aliphatic heterocycles. The highest BCUT2D eigenvalue weighted by Crippen LogP contribution is 2.40. The van der Waals surface area contributed by atoms with Crippen LogP contribution in [0.15, 0.2) is 18.3 Å². The number of hydrogen-bond donors (Lipinski definition) is 2. The van der Waals surface area contributed by atoms with Crippen molar-refractivity contribution < 1.29 is 19.0 Å². The van der Waals surface area contributed by atoms with Gasteiger partial charge in [-0.05, 0) is 30.9 Å². The fourth-order valence-corrected chi connectivity index (χ4v) is 3.03. The third-order valence-electron chi connectivity index (χ3n) is 3.31. The van der Waals surface area contributed by atoms with Crippen LogP contribution in [-0.4, -0.2) is 21.1 Å². The molecular formula is C13H20NO4P. The molecule has 3 unspecified atom stereocenters. The molecule has 1 fully saturated rings. The molecule has 19 heavy (non-hydrogen) atoms. The topological polar surface area (TPSA) is 71.8 Å². The van der Waals surface area contributed by atoms with Crippen molar-refractivity contribution in [1.29, 1.82) is 0 Å². The summed E-state index contributed by atoms with van der Waals surface area (Å²) in [4.78, 5) is 13.7. The predicted molar refractivity (Wildman–Crippen MR) is 72.3 cm³/mol. The van der Waals surface area contributed by atoms with Crippen molar-refractivity contribution in [3.63, 3.8) is 0 Å². The second-order valence-corrected chi connectivity index (χ2v) is 5.92. The molecular weight excluding hydrogens is 265 g/mol. The average molecular weight is 285 g/mol. The Morgan fingerprint density at radius 1 is 1.47 bits per heavy atom. The van der Waals surface area contributed by atoms with Crippen molar-refractivity contribution in [2.45, 2.75) is 45.3 Å². The fourth-order valence-electron chi connectivity index (χ4n) is 2.29. The van der Waals surface area contributed by atoms with Gasteiger partial charge in [0.2, 0.25) is 0 Å². The molecule has 1 saturated carbocycles. The van der Waals surface area contributed by atoms with Gasteiger partial charge in [0.25, 0.3) is 0 Å². The largest absolute Gasteiger partial charge is 0.506 e. The zero-order chi connectivity index (χ0) is 13.7. The Kier molecular flexibility index (Phi) is 5.52. The van der Waals surface area contributed by atoms with Gasteiger partial charge < -0.3 is 19.0 Å². The van der Waals surface area contributed by atoms with Crippen molar-refractivity contribution in [3.05, 3.63) is 24.0 Å². The Morgan fingerprint density at radius 2 is 2.32 bits per heavy atom. The number of aromatic nitrogens is 1. The summed E-state index contributed by atoms with van der Waals surface area (Å²) in [5.41, 5.74) is 0.407. The van der Waals surface area contributed by atoms with Crippen molar-refractivity contribution >= 4 is 8.60 Å². The van der Waals surface area contributed by atoms with Crippen LogP contribution in [0.2, 0.25) is 0 Å². The van der Waals surface area contributed by atoms with E-state index in [1.54, 1.807) is 12.3 Å². The molecule has 1 heterocycles. The molecule has 2 N–H and O–H groups in total. The predicted octanol–water partition coefficient (Wildman–Crippen LogP) is 3.12. The molecule has 1 aromatic heterocycles. The first kappa shape index (κ1) is 14.7. The quantitative estimate of drug-likeness (QED) is 0.813. The lowest BCUT2D eigenvalue weighted by Crippen LogP contribution is -2.19. The van der Waals surface area contributed by atoms with E-state index in [1.165, 1.54) is 12.5 Å². The monoisotopic (exact) mass is 285 g/mol. The van der Waals surface area contributed by atoms with Crippen molar-refractivity contribution in [3.8, 4) is 5.75 Å². The third-order valence-corrected chi connectivity index (χ3v) is 4.13. The number of nitrogens with zero attached hydrogens (tertiary/aromatic N) is 1. The number of hydrogen-bond acceptors (Lipinski definition) is 5. The van der Waals surface area contributed by atoms with Crippen LogP contribution in [0.3, 0.4) is 0 Å². The van der Waals surface area contributed by atoms with Crippen LogP contribution in [0.5, 0.6) is 5.75 Å². The Balaban J connectivity index is 1.75. The van der Waals surface area contributed by atoms with E-state index in [0.29, 0.717) is 11.6 Å². The highest BCUT2D eigenvalue weighted by atomic mass is 31.2. The molecule has 3 atom stereocenters. The summed E-state index contributed by atoms with van der Waals surface area (Å²) in [5, 5.41) is 9.52. The van der Waals surface area contributed by atoms with Crippen LogP contribution in [0.25, 0.3) is 0 Å². The molecule has 1 aromatic rings. The summed E-state index contributed by atoms with van der Waals surface area (Å²) in [7, 11) is -1.91. The maximum Gasteiger partial charge on any atom is 0.330 e.